The summed E-state index contributed by atoms with van der Waals surface area (Å²) < 4.78 is 0. The SMILES string of the molecule is CC(N)c1nc2c(s1)CCN(C(=O)c1ccc(NC(=O)c3ccccc3-c3ccccc3)cc1)c1ccccc1-2. The van der Waals surface area contributed by atoms with Crippen LogP contribution in [0.1, 0.15) is 43.6 Å². The number of nitrogens with two attached hydrogens (primary N) is 1. The van der Waals surface area contributed by atoms with Gasteiger partial charge in [-0.25, -0.2) is 4.98 Å². The van der Waals surface area contributed by atoms with E-state index in [1.54, 1.807) is 35.6 Å². The maximum atomic E-state index is 13.7. The highest BCUT2D eigenvalue weighted by Crippen LogP contribution is 2.39. The Morgan fingerprint density at radius 3 is 2.30 bits per heavy atom. The smallest absolute Gasteiger partial charge is 0.258 e. The van der Waals surface area contributed by atoms with Crippen molar-refractivity contribution in [2.75, 3.05) is 16.8 Å². The summed E-state index contributed by atoms with van der Waals surface area (Å²) in [5.74, 6) is -0.299. The first-order chi connectivity index (χ1) is 19.5. The standard InChI is InChI=1S/C33H28N4O2S/c1-21(34)32-36-30-27-13-7-8-14-28(27)37(20-19-29(30)40-32)33(39)23-15-17-24(18-16-23)35-31(38)26-12-6-5-11-25(26)22-9-3-2-4-10-22/h2-18,21H,19-20,34H2,1H3,(H,35,38). The van der Waals surface area contributed by atoms with E-state index in [0.29, 0.717) is 29.8 Å². The van der Waals surface area contributed by atoms with Crippen molar-refractivity contribution in [2.24, 2.45) is 5.73 Å². The number of carbonyl (C=O) groups excluding carboxylic acids is 2. The first-order valence-corrected chi connectivity index (χ1v) is 14.0. The Balaban J connectivity index is 1.23. The highest BCUT2D eigenvalue weighted by molar-refractivity contribution is 7.12. The van der Waals surface area contributed by atoms with Crippen molar-refractivity contribution in [3.05, 3.63) is 124 Å². The number of carbonyl (C=O) groups is 2. The molecule has 3 N–H and O–H groups in total. The Labute approximate surface area is 237 Å². The Bertz CT molecular complexity index is 1690. The molecule has 6 rings (SSSR count). The molecule has 0 radical (unpaired) electrons. The fraction of sp³-hybridized carbons (Fsp3) is 0.121. The molecule has 1 unspecified atom stereocenters. The van der Waals surface area contributed by atoms with Crippen molar-refractivity contribution in [1.29, 1.82) is 0 Å². The summed E-state index contributed by atoms with van der Waals surface area (Å²) in [4.78, 5) is 34.7. The van der Waals surface area contributed by atoms with Crippen LogP contribution in [0.25, 0.3) is 22.4 Å². The van der Waals surface area contributed by atoms with Gasteiger partial charge in [-0.3, -0.25) is 9.59 Å². The molecule has 1 aliphatic rings. The minimum Gasteiger partial charge on any atom is -0.322 e. The fourth-order valence-corrected chi connectivity index (χ4v) is 6.02. The molecule has 198 valence electrons. The molecule has 1 aromatic heterocycles. The van der Waals surface area contributed by atoms with Crippen LogP contribution in [0.3, 0.4) is 0 Å². The summed E-state index contributed by atoms with van der Waals surface area (Å²) >= 11 is 1.62. The van der Waals surface area contributed by atoms with Crippen LogP contribution in [-0.4, -0.2) is 23.3 Å². The van der Waals surface area contributed by atoms with Gasteiger partial charge >= 0.3 is 0 Å². The Morgan fingerprint density at radius 2 is 1.55 bits per heavy atom. The van der Waals surface area contributed by atoms with E-state index >= 15 is 0 Å². The van der Waals surface area contributed by atoms with Crippen LogP contribution in [0.15, 0.2) is 103 Å². The molecular weight excluding hydrogens is 516 g/mol. The third-order valence-electron chi connectivity index (χ3n) is 7.01. The summed E-state index contributed by atoms with van der Waals surface area (Å²) in [7, 11) is 0. The lowest BCUT2D eigenvalue weighted by molar-refractivity contribution is 0.0986. The first-order valence-electron chi connectivity index (χ1n) is 13.2. The van der Waals surface area contributed by atoms with Crippen LogP contribution < -0.4 is 16.0 Å². The summed E-state index contributed by atoms with van der Waals surface area (Å²) in [6, 6.07) is 32.2. The minimum absolute atomic E-state index is 0.0951. The maximum absolute atomic E-state index is 13.7. The summed E-state index contributed by atoms with van der Waals surface area (Å²) in [6.45, 7) is 2.48. The Hall–Kier alpha value is -4.59. The highest BCUT2D eigenvalue weighted by atomic mass is 32.1. The topological polar surface area (TPSA) is 88.3 Å². The molecule has 1 aliphatic heterocycles. The van der Waals surface area contributed by atoms with E-state index < -0.39 is 0 Å². The van der Waals surface area contributed by atoms with Gasteiger partial charge in [0.2, 0.25) is 0 Å². The average Bonchev–Trinajstić information content (AvgIpc) is 3.36. The molecule has 0 aliphatic carbocycles. The number of hydrogen-bond acceptors (Lipinski definition) is 5. The number of nitrogens with zero attached hydrogens (tertiary/aromatic N) is 2. The molecule has 6 nitrogen and oxygen atoms in total. The van der Waals surface area contributed by atoms with Crippen LogP contribution >= 0.6 is 11.3 Å². The summed E-state index contributed by atoms with van der Waals surface area (Å²) in [6.07, 6.45) is 0.703. The van der Waals surface area contributed by atoms with Gasteiger partial charge < -0.3 is 16.0 Å². The molecule has 0 bridgehead atoms. The normalized spacial score (nSPS) is 13.1. The van der Waals surface area contributed by atoms with Crippen molar-refractivity contribution < 1.29 is 9.59 Å². The predicted octanol–water partition coefficient (Wildman–Crippen LogP) is 6.95. The zero-order chi connectivity index (χ0) is 27.6. The van der Waals surface area contributed by atoms with Crippen molar-refractivity contribution in [3.63, 3.8) is 0 Å². The van der Waals surface area contributed by atoms with Crippen molar-refractivity contribution in [1.82, 2.24) is 4.98 Å². The number of amides is 2. The van der Waals surface area contributed by atoms with E-state index in [2.05, 4.69) is 5.32 Å². The van der Waals surface area contributed by atoms with Gasteiger partial charge in [0, 0.05) is 40.2 Å². The van der Waals surface area contributed by atoms with Gasteiger partial charge in [-0.05, 0) is 54.4 Å². The van der Waals surface area contributed by atoms with E-state index in [0.717, 1.165) is 38.0 Å². The van der Waals surface area contributed by atoms with Crippen LogP contribution in [0.5, 0.6) is 0 Å². The minimum atomic E-state index is -0.204. The second kappa shape index (κ2) is 10.9. The zero-order valence-electron chi connectivity index (χ0n) is 22.0. The summed E-state index contributed by atoms with van der Waals surface area (Å²) in [5, 5.41) is 3.89. The van der Waals surface area contributed by atoms with Crippen LogP contribution in [0.4, 0.5) is 11.4 Å². The Morgan fingerprint density at radius 1 is 0.875 bits per heavy atom. The van der Waals surface area contributed by atoms with E-state index in [9.17, 15) is 9.59 Å². The van der Waals surface area contributed by atoms with E-state index in [1.165, 1.54) is 0 Å². The predicted molar refractivity (Wildman–Crippen MR) is 162 cm³/mol. The third kappa shape index (κ3) is 4.93. The molecule has 40 heavy (non-hydrogen) atoms. The first kappa shape index (κ1) is 25.7. The van der Waals surface area contributed by atoms with Crippen LogP contribution in [-0.2, 0) is 6.42 Å². The molecule has 2 amide bonds. The number of nitrogens with one attached hydrogen (secondary N) is 1. The lowest BCUT2D eigenvalue weighted by Crippen LogP contribution is -2.32. The fourth-order valence-electron chi connectivity index (χ4n) is 5.00. The molecule has 0 saturated carbocycles. The molecule has 0 spiro atoms. The van der Waals surface area contributed by atoms with Gasteiger partial charge in [-0.2, -0.15) is 0 Å². The molecule has 4 aromatic carbocycles. The lowest BCUT2D eigenvalue weighted by atomic mass is 9.99. The van der Waals surface area contributed by atoms with Crippen molar-refractivity contribution in [2.45, 2.75) is 19.4 Å². The number of aromatic nitrogens is 1. The Kier molecular flexibility index (Phi) is 6.99. The molecular formula is C33H28N4O2S. The monoisotopic (exact) mass is 544 g/mol. The second-order valence-electron chi connectivity index (χ2n) is 9.78. The van der Waals surface area contributed by atoms with Gasteiger partial charge in [0.1, 0.15) is 5.01 Å². The van der Waals surface area contributed by atoms with Gasteiger partial charge in [0.15, 0.2) is 0 Å². The molecule has 1 atom stereocenters. The number of benzene rings is 4. The number of hydrogen-bond donors (Lipinski definition) is 2. The highest BCUT2D eigenvalue weighted by Gasteiger charge is 2.28. The van der Waals surface area contributed by atoms with Gasteiger partial charge in [-0.15, -0.1) is 11.3 Å². The number of rotatable bonds is 5. The van der Waals surface area contributed by atoms with Crippen molar-refractivity contribution >= 4 is 34.5 Å². The number of thiazole rings is 1. The number of anilines is 2. The zero-order valence-corrected chi connectivity index (χ0v) is 22.8. The summed E-state index contributed by atoms with van der Waals surface area (Å²) in [5.41, 5.74) is 12.4. The molecule has 2 heterocycles. The van der Waals surface area contributed by atoms with Crippen LogP contribution in [0, 0.1) is 0 Å². The quantitative estimate of drug-likeness (QED) is 0.251. The van der Waals surface area contributed by atoms with Gasteiger partial charge in [0.25, 0.3) is 11.8 Å². The molecule has 0 saturated heterocycles. The van der Waals surface area contributed by atoms with Crippen molar-refractivity contribution in [3.8, 4) is 22.4 Å². The van der Waals surface area contributed by atoms with E-state index in [1.807, 2.05) is 90.7 Å². The lowest BCUT2D eigenvalue weighted by Gasteiger charge is -2.23. The molecule has 7 heteroatoms. The number of para-hydroxylation sites is 1. The second-order valence-corrected chi connectivity index (χ2v) is 10.9. The van der Waals surface area contributed by atoms with E-state index in [4.69, 9.17) is 10.7 Å². The maximum Gasteiger partial charge on any atom is 0.258 e. The van der Waals surface area contributed by atoms with Gasteiger partial charge in [0.05, 0.1) is 17.4 Å². The third-order valence-corrected chi connectivity index (χ3v) is 8.32. The molecule has 5 aromatic rings. The molecule has 0 fully saturated rings. The number of fused-ring (bicyclic) bond motifs is 3. The average molecular weight is 545 g/mol. The van der Waals surface area contributed by atoms with Crippen LogP contribution in [0.2, 0.25) is 0 Å². The van der Waals surface area contributed by atoms with E-state index in [-0.39, 0.29) is 17.9 Å². The largest absolute Gasteiger partial charge is 0.322 e. The van der Waals surface area contributed by atoms with Gasteiger partial charge in [-0.1, -0.05) is 66.7 Å².